The van der Waals surface area contributed by atoms with Crippen molar-refractivity contribution in [2.75, 3.05) is 54.1 Å². The van der Waals surface area contributed by atoms with Gasteiger partial charge in [-0.05, 0) is 12.1 Å². The molecule has 10 nitrogen and oxygen atoms in total. The Bertz CT molecular complexity index is 1030. The van der Waals surface area contributed by atoms with Crippen LogP contribution in [0.4, 0.5) is 5.69 Å². The molecule has 0 aromatic heterocycles. The highest BCUT2D eigenvalue weighted by Gasteiger charge is 2.33. The molecule has 0 saturated heterocycles. The predicted octanol–water partition coefficient (Wildman–Crippen LogP) is 2.14. The van der Waals surface area contributed by atoms with Crippen LogP contribution < -0.4 is 33.3 Å². The maximum Gasteiger partial charge on any atom is 0.221 e. The fraction of sp³-hybridized carbons (Fsp3) is 0.348. The van der Waals surface area contributed by atoms with E-state index < -0.39 is 11.8 Å². The summed E-state index contributed by atoms with van der Waals surface area (Å²) in [5, 5.41) is 0. The van der Waals surface area contributed by atoms with Crippen LogP contribution in [-0.2, 0) is 9.59 Å². The number of aldehydes is 1. The lowest BCUT2D eigenvalue weighted by Gasteiger charge is -2.24. The van der Waals surface area contributed by atoms with Gasteiger partial charge in [-0.15, -0.1) is 0 Å². The zero-order valence-corrected chi connectivity index (χ0v) is 19.3. The van der Waals surface area contributed by atoms with E-state index in [1.54, 1.807) is 29.2 Å². The number of ketones is 1. The molecule has 2 aromatic carbocycles. The number of benzene rings is 2. The summed E-state index contributed by atoms with van der Waals surface area (Å²) in [5.41, 5.74) is 1.22. The molecule has 176 valence electrons. The second-order valence-electron chi connectivity index (χ2n) is 6.90. The van der Waals surface area contributed by atoms with Crippen LogP contribution in [0, 0.1) is 0 Å². The van der Waals surface area contributed by atoms with E-state index >= 15 is 0 Å². The molecular formula is C23H26N2O8. The number of nitrogens with zero attached hydrogens (tertiary/aromatic N) is 2. The minimum atomic E-state index is -0.879. The molecule has 0 amide bonds. The lowest BCUT2D eigenvalue weighted by molar-refractivity contribution is -0.130. The summed E-state index contributed by atoms with van der Waals surface area (Å²) >= 11 is 0. The van der Waals surface area contributed by atoms with Crippen LogP contribution in [-0.4, -0.2) is 73.2 Å². The van der Waals surface area contributed by atoms with Gasteiger partial charge in [0.25, 0.3) is 0 Å². The normalized spacial score (nSPS) is 14.9. The number of hydrogen-bond donors (Lipinski definition) is 0. The summed E-state index contributed by atoms with van der Waals surface area (Å²) < 4.78 is 32.7. The number of hydrogen-bond acceptors (Lipinski definition) is 10. The van der Waals surface area contributed by atoms with Crippen LogP contribution in [0.15, 0.2) is 29.3 Å². The van der Waals surface area contributed by atoms with Crippen LogP contribution in [0.2, 0.25) is 0 Å². The highest BCUT2D eigenvalue weighted by Crippen LogP contribution is 2.43. The van der Waals surface area contributed by atoms with Crippen LogP contribution in [0.5, 0.6) is 34.5 Å². The summed E-state index contributed by atoms with van der Waals surface area (Å²) in [6.45, 7) is 0.141. The third-order valence-electron chi connectivity index (χ3n) is 5.22. The van der Waals surface area contributed by atoms with E-state index in [-0.39, 0.29) is 12.8 Å². The number of methoxy groups -OCH3 is 6. The maximum atomic E-state index is 12.2. The van der Waals surface area contributed by atoms with E-state index in [9.17, 15) is 9.59 Å². The summed E-state index contributed by atoms with van der Waals surface area (Å²) in [6, 6.07) is 6.04. The van der Waals surface area contributed by atoms with Crippen LogP contribution in [0.1, 0.15) is 5.56 Å². The van der Waals surface area contributed by atoms with Gasteiger partial charge in [-0.1, -0.05) is 0 Å². The van der Waals surface area contributed by atoms with Gasteiger partial charge < -0.3 is 33.3 Å². The second kappa shape index (κ2) is 10.1. The first kappa shape index (κ1) is 23.7. The number of ether oxygens (including phenoxy) is 6. The Morgan fingerprint density at radius 1 is 0.818 bits per heavy atom. The number of rotatable bonds is 10. The summed E-state index contributed by atoms with van der Waals surface area (Å²) in [5.74, 6) is 2.35. The monoisotopic (exact) mass is 458 g/mol. The first-order valence-electron chi connectivity index (χ1n) is 9.90. The minimum absolute atomic E-state index is 0.141. The standard InChI is InChI=1S/C23H26N2O8/c1-28-17-7-13(8-18(29-2)21(17)32-5)23-24-15(16(27)12-26)11-25(23)14-9-19(30-3)22(33-6)20(10-14)31-4/h7-10,12,15H,11H2,1-6H3. The molecule has 0 fully saturated rings. The molecule has 33 heavy (non-hydrogen) atoms. The minimum Gasteiger partial charge on any atom is -0.493 e. The zero-order valence-electron chi connectivity index (χ0n) is 19.3. The van der Waals surface area contributed by atoms with Crippen molar-refractivity contribution in [3.05, 3.63) is 29.8 Å². The molecule has 0 spiro atoms. The van der Waals surface area contributed by atoms with Crippen LogP contribution >= 0.6 is 0 Å². The fourth-order valence-electron chi connectivity index (χ4n) is 3.64. The van der Waals surface area contributed by atoms with E-state index in [0.29, 0.717) is 51.6 Å². The van der Waals surface area contributed by atoms with Gasteiger partial charge in [0, 0.05) is 17.7 Å². The molecule has 1 unspecified atom stereocenters. The summed E-state index contributed by atoms with van der Waals surface area (Å²) in [7, 11) is 9.06. The Labute approximate surface area is 191 Å². The molecule has 0 bridgehead atoms. The molecule has 0 aliphatic carbocycles. The Kier molecular flexibility index (Phi) is 7.27. The number of amidine groups is 1. The second-order valence-corrected chi connectivity index (χ2v) is 6.90. The van der Waals surface area contributed by atoms with Gasteiger partial charge in [-0.3, -0.25) is 14.6 Å². The van der Waals surface area contributed by atoms with Crippen molar-refractivity contribution in [2.24, 2.45) is 4.99 Å². The number of carbonyl (C=O) groups excluding carboxylic acids is 2. The van der Waals surface area contributed by atoms with Gasteiger partial charge in [0.05, 0.1) is 54.9 Å². The van der Waals surface area contributed by atoms with Crippen molar-refractivity contribution in [1.82, 2.24) is 0 Å². The first-order chi connectivity index (χ1) is 16.0. The van der Waals surface area contributed by atoms with Crippen molar-refractivity contribution in [3.63, 3.8) is 0 Å². The smallest absolute Gasteiger partial charge is 0.221 e. The van der Waals surface area contributed by atoms with Gasteiger partial charge in [-0.25, -0.2) is 0 Å². The number of aliphatic imine (C=N–C) groups is 1. The SMILES string of the molecule is COc1cc(C2=NC(C(=O)C=O)CN2c2cc(OC)c(OC)c(OC)c2)cc(OC)c1OC. The highest BCUT2D eigenvalue weighted by molar-refractivity contribution is 6.29. The Morgan fingerprint density at radius 2 is 1.27 bits per heavy atom. The average Bonchev–Trinajstić information content (AvgIpc) is 3.31. The lowest BCUT2D eigenvalue weighted by Crippen LogP contribution is -2.32. The van der Waals surface area contributed by atoms with E-state index in [0.717, 1.165) is 0 Å². The lowest BCUT2D eigenvalue weighted by atomic mass is 10.1. The first-order valence-corrected chi connectivity index (χ1v) is 9.90. The quantitative estimate of drug-likeness (QED) is 0.391. The molecule has 2 aromatic rings. The van der Waals surface area contributed by atoms with Gasteiger partial charge >= 0.3 is 0 Å². The van der Waals surface area contributed by atoms with Crippen molar-refractivity contribution >= 4 is 23.6 Å². The van der Waals surface area contributed by atoms with E-state index in [1.807, 2.05) is 0 Å². The molecule has 1 atom stereocenters. The molecule has 1 aliphatic rings. The van der Waals surface area contributed by atoms with Gasteiger partial charge in [-0.2, -0.15) is 0 Å². The van der Waals surface area contributed by atoms with Crippen LogP contribution in [0.3, 0.4) is 0 Å². The van der Waals surface area contributed by atoms with Gasteiger partial charge in [0.1, 0.15) is 11.9 Å². The van der Waals surface area contributed by atoms with Crippen molar-refractivity contribution in [1.29, 1.82) is 0 Å². The average molecular weight is 458 g/mol. The Hall–Kier alpha value is -3.95. The largest absolute Gasteiger partial charge is 0.493 e. The molecular weight excluding hydrogens is 432 g/mol. The molecule has 10 heteroatoms. The number of carbonyl (C=O) groups is 2. The van der Waals surface area contributed by atoms with Crippen molar-refractivity contribution in [2.45, 2.75) is 6.04 Å². The maximum absolute atomic E-state index is 12.2. The zero-order chi connectivity index (χ0) is 24.1. The van der Waals surface area contributed by atoms with Crippen molar-refractivity contribution < 1.29 is 38.0 Å². The number of Topliss-reactive ketones (excluding diaryl/α,β-unsaturated/α-hetero) is 1. The van der Waals surface area contributed by atoms with Gasteiger partial charge in [0.2, 0.25) is 17.3 Å². The molecule has 3 rings (SSSR count). The van der Waals surface area contributed by atoms with Crippen molar-refractivity contribution in [3.8, 4) is 34.5 Å². The third kappa shape index (κ3) is 4.36. The Morgan fingerprint density at radius 3 is 1.67 bits per heavy atom. The molecule has 0 saturated carbocycles. The van der Waals surface area contributed by atoms with E-state index in [1.165, 1.54) is 42.7 Å². The summed E-state index contributed by atoms with van der Waals surface area (Å²) in [4.78, 5) is 29.7. The third-order valence-corrected chi connectivity index (χ3v) is 5.22. The fourth-order valence-corrected chi connectivity index (χ4v) is 3.64. The number of anilines is 1. The van der Waals surface area contributed by atoms with Crippen LogP contribution in [0.25, 0.3) is 0 Å². The topological polar surface area (TPSA) is 105 Å². The predicted molar refractivity (Wildman–Crippen MR) is 121 cm³/mol. The highest BCUT2D eigenvalue weighted by atomic mass is 16.5. The molecule has 1 aliphatic heterocycles. The molecule has 1 heterocycles. The molecule has 0 N–H and O–H groups in total. The van der Waals surface area contributed by atoms with Gasteiger partial charge in [0.15, 0.2) is 29.3 Å². The van der Waals surface area contributed by atoms with E-state index in [4.69, 9.17) is 28.4 Å². The Balaban J connectivity index is 2.20. The van der Waals surface area contributed by atoms with E-state index in [2.05, 4.69) is 4.99 Å². The summed E-state index contributed by atoms with van der Waals surface area (Å²) in [6.07, 6.45) is 0.277. The molecule has 0 radical (unpaired) electrons.